The highest BCUT2D eigenvalue weighted by Crippen LogP contribution is 2.62. The van der Waals surface area contributed by atoms with Crippen molar-refractivity contribution in [2.24, 2.45) is 5.92 Å². The molecule has 0 aliphatic carbocycles. The monoisotopic (exact) mass is 555 g/mol. The van der Waals surface area contributed by atoms with Crippen LogP contribution in [0.15, 0.2) is 104 Å². The van der Waals surface area contributed by atoms with E-state index in [0.29, 0.717) is 28.1 Å². The molecule has 1 spiro atoms. The Labute approximate surface area is 241 Å². The van der Waals surface area contributed by atoms with Gasteiger partial charge < -0.3 is 15.0 Å². The highest BCUT2D eigenvalue weighted by atomic mass is 16.5. The Bertz CT molecular complexity index is 1800. The maximum Gasteiger partial charge on any atom is 0.308 e. The van der Waals surface area contributed by atoms with Crippen molar-refractivity contribution in [3.8, 4) is 5.75 Å². The van der Waals surface area contributed by atoms with Crippen molar-refractivity contribution >= 4 is 35.2 Å². The van der Waals surface area contributed by atoms with Crippen molar-refractivity contribution in [3.05, 3.63) is 131 Å². The second kappa shape index (κ2) is 9.62. The molecule has 3 aliphatic heterocycles. The fraction of sp³-hybridized carbons (Fsp3) is 0.147. The standard InChI is InChI=1S/C34H25N3O5/c1-20(38)42-24-14-12-22(13-15-24)31(40)29-28(30(39)23-8-6-17-35-19-23)34(26-10-4-5-11-27(26)36-33(34)41)32-25-9-3-2-7-21(25)16-18-37(29)32/h2-19,28-29,32H,1H3,(H,36,41)/t28-,29+,32+,34+/m1/s1. The van der Waals surface area contributed by atoms with Crippen LogP contribution in [0.2, 0.25) is 0 Å². The second-order valence-electron chi connectivity index (χ2n) is 10.7. The number of para-hydroxylation sites is 1. The Hall–Kier alpha value is -5.37. The van der Waals surface area contributed by atoms with E-state index < -0.39 is 29.4 Å². The Morgan fingerprint density at radius 1 is 0.881 bits per heavy atom. The molecule has 1 aromatic heterocycles. The van der Waals surface area contributed by atoms with Gasteiger partial charge in [0, 0.05) is 42.3 Å². The Balaban J connectivity index is 1.48. The summed E-state index contributed by atoms with van der Waals surface area (Å²) >= 11 is 0. The molecule has 7 rings (SSSR count). The predicted octanol–water partition coefficient (Wildman–Crippen LogP) is 4.99. The molecule has 8 heteroatoms. The van der Waals surface area contributed by atoms with E-state index in [-0.39, 0.29) is 17.5 Å². The second-order valence-corrected chi connectivity index (χ2v) is 10.7. The molecule has 8 nitrogen and oxygen atoms in total. The van der Waals surface area contributed by atoms with Crippen LogP contribution in [-0.4, -0.2) is 39.4 Å². The molecule has 0 bridgehead atoms. The third-order valence-electron chi connectivity index (χ3n) is 8.47. The molecule has 0 unspecified atom stereocenters. The van der Waals surface area contributed by atoms with Gasteiger partial charge in [-0.1, -0.05) is 42.5 Å². The number of carbonyl (C=O) groups excluding carboxylic acids is 4. The zero-order chi connectivity index (χ0) is 29.0. The minimum Gasteiger partial charge on any atom is -0.427 e. The minimum atomic E-state index is -1.41. The number of hydrogen-bond donors (Lipinski definition) is 1. The number of rotatable bonds is 5. The average molecular weight is 556 g/mol. The van der Waals surface area contributed by atoms with Gasteiger partial charge in [-0.2, -0.15) is 0 Å². The first kappa shape index (κ1) is 25.6. The van der Waals surface area contributed by atoms with Gasteiger partial charge in [0.15, 0.2) is 11.6 Å². The number of anilines is 1. The van der Waals surface area contributed by atoms with E-state index in [2.05, 4.69) is 10.3 Å². The number of carbonyl (C=O) groups is 4. The third-order valence-corrected chi connectivity index (χ3v) is 8.47. The number of ketones is 2. The summed E-state index contributed by atoms with van der Waals surface area (Å²) in [5, 5.41) is 3.04. The molecule has 0 saturated carbocycles. The Morgan fingerprint density at radius 2 is 1.64 bits per heavy atom. The van der Waals surface area contributed by atoms with E-state index in [0.717, 1.165) is 11.1 Å². The average Bonchev–Trinajstić information content (AvgIpc) is 3.49. The van der Waals surface area contributed by atoms with Crippen LogP contribution in [0.1, 0.15) is 50.4 Å². The number of hydrogen-bond acceptors (Lipinski definition) is 7. The molecule has 1 N–H and O–H groups in total. The van der Waals surface area contributed by atoms with Gasteiger partial charge in [0.05, 0.1) is 12.0 Å². The molecule has 206 valence electrons. The van der Waals surface area contributed by atoms with Gasteiger partial charge in [0.2, 0.25) is 5.91 Å². The van der Waals surface area contributed by atoms with Crippen molar-refractivity contribution in [2.75, 3.05) is 5.32 Å². The highest BCUT2D eigenvalue weighted by molar-refractivity contribution is 6.16. The summed E-state index contributed by atoms with van der Waals surface area (Å²) < 4.78 is 5.16. The summed E-state index contributed by atoms with van der Waals surface area (Å²) in [5.74, 6) is -2.25. The van der Waals surface area contributed by atoms with Crippen LogP contribution >= 0.6 is 0 Å². The number of nitrogens with one attached hydrogen (secondary N) is 1. The van der Waals surface area contributed by atoms with Crippen LogP contribution in [0.3, 0.4) is 0 Å². The summed E-state index contributed by atoms with van der Waals surface area (Å²) in [6.07, 6.45) is 6.80. The molecule has 42 heavy (non-hydrogen) atoms. The van der Waals surface area contributed by atoms with Crippen molar-refractivity contribution < 1.29 is 23.9 Å². The van der Waals surface area contributed by atoms with Gasteiger partial charge in [-0.05, 0) is 65.2 Å². The lowest BCUT2D eigenvalue weighted by molar-refractivity contribution is -0.131. The SMILES string of the molecule is CC(=O)Oc1ccc(C(=O)[C@@H]2[C@H](C(=O)c3cccnc3)[C@]3(C(=O)Nc4ccccc43)[C@@H]3c4ccccc4C=CN23)cc1. The number of nitrogens with zero attached hydrogens (tertiary/aromatic N) is 2. The van der Waals surface area contributed by atoms with Crippen molar-refractivity contribution in [3.63, 3.8) is 0 Å². The molecule has 4 aromatic rings. The summed E-state index contributed by atoms with van der Waals surface area (Å²) in [4.78, 5) is 61.1. The summed E-state index contributed by atoms with van der Waals surface area (Å²) in [5.41, 5.74) is 2.31. The minimum absolute atomic E-state index is 0.304. The van der Waals surface area contributed by atoms with Crippen LogP contribution in [0.5, 0.6) is 5.75 Å². The van der Waals surface area contributed by atoms with Crippen LogP contribution in [-0.2, 0) is 15.0 Å². The van der Waals surface area contributed by atoms with Gasteiger partial charge in [-0.15, -0.1) is 0 Å². The molecular weight excluding hydrogens is 530 g/mol. The molecule has 3 aliphatic rings. The third kappa shape index (κ3) is 3.65. The van der Waals surface area contributed by atoms with E-state index in [1.54, 1.807) is 42.6 Å². The topological polar surface area (TPSA) is 106 Å². The van der Waals surface area contributed by atoms with E-state index in [4.69, 9.17) is 4.74 Å². The fourth-order valence-electron chi connectivity index (χ4n) is 6.88. The Kier molecular flexibility index (Phi) is 5.86. The van der Waals surface area contributed by atoms with Gasteiger partial charge >= 0.3 is 5.97 Å². The highest BCUT2D eigenvalue weighted by Gasteiger charge is 2.70. The molecular formula is C34H25N3O5. The molecule has 3 aromatic carbocycles. The van der Waals surface area contributed by atoms with E-state index in [9.17, 15) is 19.2 Å². The fourth-order valence-corrected chi connectivity index (χ4v) is 6.88. The van der Waals surface area contributed by atoms with E-state index in [1.165, 1.54) is 13.1 Å². The van der Waals surface area contributed by atoms with Crippen LogP contribution < -0.4 is 10.1 Å². The summed E-state index contributed by atoms with van der Waals surface area (Å²) in [7, 11) is 0. The van der Waals surface area contributed by atoms with E-state index in [1.807, 2.05) is 65.7 Å². The van der Waals surface area contributed by atoms with Gasteiger partial charge in [-0.3, -0.25) is 24.2 Å². The quantitative estimate of drug-likeness (QED) is 0.210. The predicted molar refractivity (Wildman–Crippen MR) is 155 cm³/mol. The number of ether oxygens (including phenoxy) is 1. The number of aromatic nitrogens is 1. The lowest BCUT2D eigenvalue weighted by Gasteiger charge is -2.38. The molecule has 0 radical (unpaired) electrons. The van der Waals surface area contributed by atoms with Crippen molar-refractivity contribution in [2.45, 2.75) is 24.4 Å². The van der Waals surface area contributed by atoms with Crippen LogP contribution in [0.4, 0.5) is 5.69 Å². The first-order valence-corrected chi connectivity index (χ1v) is 13.6. The molecule has 1 amide bonds. The summed E-state index contributed by atoms with van der Waals surface area (Å²) in [6.45, 7) is 1.30. The number of pyridine rings is 1. The molecule has 1 fully saturated rings. The molecule has 1 saturated heterocycles. The first-order chi connectivity index (χ1) is 20.4. The van der Waals surface area contributed by atoms with E-state index >= 15 is 0 Å². The lowest BCUT2D eigenvalue weighted by atomic mass is 9.62. The van der Waals surface area contributed by atoms with Crippen LogP contribution in [0.25, 0.3) is 6.08 Å². The van der Waals surface area contributed by atoms with Gasteiger partial charge in [0.1, 0.15) is 17.2 Å². The number of esters is 1. The van der Waals surface area contributed by atoms with Gasteiger partial charge in [0.25, 0.3) is 0 Å². The first-order valence-electron chi connectivity index (χ1n) is 13.6. The van der Waals surface area contributed by atoms with Crippen molar-refractivity contribution in [1.29, 1.82) is 0 Å². The van der Waals surface area contributed by atoms with Crippen LogP contribution in [0, 0.1) is 5.92 Å². The van der Waals surface area contributed by atoms with Gasteiger partial charge in [-0.25, -0.2) is 0 Å². The zero-order valence-electron chi connectivity index (χ0n) is 22.6. The maximum absolute atomic E-state index is 14.7. The van der Waals surface area contributed by atoms with Crippen molar-refractivity contribution in [1.82, 2.24) is 9.88 Å². The zero-order valence-corrected chi connectivity index (χ0v) is 22.6. The number of amides is 1. The normalized spacial score (nSPS) is 23.1. The largest absolute Gasteiger partial charge is 0.427 e. The number of benzene rings is 3. The number of Topliss-reactive ketones (excluding diaryl/α,β-unsaturated/α-hetero) is 2. The molecule has 4 atom stereocenters. The summed E-state index contributed by atoms with van der Waals surface area (Å²) in [6, 6.07) is 23.1. The lowest BCUT2D eigenvalue weighted by Crippen LogP contribution is -2.49. The smallest absolute Gasteiger partial charge is 0.308 e. The number of fused-ring (bicyclic) bond motifs is 6. The maximum atomic E-state index is 14.7. The molecule has 4 heterocycles. The Morgan fingerprint density at radius 3 is 2.40 bits per heavy atom.